The van der Waals surface area contributed by atoms with Crippen LogP contribution in [0.4, 0.5) is 5.69 Å². The normalized spacial score (nSPS) is 12.6. The van der Waals surface area contributed by atoms with Crippen molar-refractivity contribution in [2.45, 2.75) is 6.92 Å². The molecule has 31 heavy (non-hydrogen) atoms. The zero-order valence-corrected chi connectivity index (χ0v) is 17.4. The molecule has 3 aromatic carbocycles. The molecule has 0 N–H and O–H groups in total. The summed E-state index contributed by atoms with van der Waals surface area (Å²) in [5, 5.41) is 0. The zero-order chi connectivity index (χ0) is 22.0. The first-order chi connectivity index (χ1) is 15.0. The van der Waals surface area contributed by atoms with Crippen LogP contribution in [0.3, 0.4) is 0 Å². The summed E-state index contributed by atoms with van der Waals surface area (Å²) in [4.78, 5) is 41.5. The summed E-state index contributed by atoms with van der Waals surface area (Å²) in [5.41, 5.74) is 2.99. The molecule has 0 atom stereocenters. The van der Waals surface area contributed by atoms with Gasteiger partial charge in [0.05, 0.1) is 18.2 Å². The summed E-state index contributed by atoms with van der Waals surface area (Å²) in [7, 11) is 1.56. The minimum atomic E-state index is -0.339. The number of benzene rings is 3. The van der Waals surface area contributed by atoms with E-state index in [9.17, 15) is 14.4 Å². The Morgan fingerprint density at radius 1 is 0.903 bits per heavy atom. The second kappa shape index (κ2) is 8.44. The first kappa shape index (κ1) is 20.3. The number of amides is 3. The molecule has 6 heteroatoms. The molecule has 0 saturated carbocycles. The number of carbonyl (C=O) groups excluding carboxylic acids is 3. The Morgan fingerprint density at radius 2 is 1.55 bits per heavy atom. The maximum atomic E-state index is 13.3. The monoisotopic (exact) mass is 414 g/mol. The second-order valence-electron chi connectivity index (χ2n) is 7.33. The Labute approximate surface area is 180 Å². The van der Waals surface area contributed by atoms with E-state index in [-0.39, 0.29) is 30.8 Å². The van der Waals surface area contributed by atoms with Crippen molar-refractivity contribution >= 4 is 23.4 Å². The Kier molecular flexibility index (Phi) is 5.54. The molecule has 0 fully saturated rings. The fourth-order valence-electron chi connectivity index (χ4n) is 3.62. The van der Waals surface area contributed by atoms with Crippen molar-refractivity contribution in [1.82, 2.24) is 4.90 Å². The van der Waals surface area contributed by atoms with Gasteiger partial charge >= 0.3 is 0 Å². The molecule has 3 amide bonds. The molecule has 6 nitrogen and oxygen atoms in total. The number of nitrogens with zero attached hydrogens (tertiary/aromatic N) is 2. The van der Waals surface area contributed by atoms with Crippen LogP contribution in [0.1, 0.15) is 36.6 Å². The number of anilines is 1. The van der Waals surface area contributed by atoms with E-state index >= 15 is 0 Å². The molecule has 0 bridgehead atoms. The van der Waals surface area contributed by atoms with Crippen LogP contribution in [0.5, 0.6) is 5.75 Å². The Bertz CT molecular complexity index is 1120. The average molecular weight is 414 g/mol. The number of carbonyl (C=O) groups is 3. The number of methoxy groups -OCH3 is 1. The summed E-state index contributed by atoms with van der Waals surface area (Å²) >= 11 is 0. The first-order valence-corrected chi connectivity index (χ1v) is 9.97. The van der Waals surface area contributed by atoms with Crippen LogP contribution in [-0.2, 0) is 0 Å². The van der Waals surface area contributed by atoms with Crippen molar-refractivity contribution < 1.29 is 19.1 Å². The maximum Gasteiger partial charge on any atom is 0.261 e. The highest BCUT2D eigenvalue weighted by molar-refractivity contribution is 6.21. The molecular weight excluding hydrogens is 392 g/mol. The van der Waals surface area contributed by atoms with Crippen LogP contribution >= 0.6 is 0 Å². The quantitative estimate of drug-likeness (QED) is 0.573. The number of imide groups is 1. The van der Waals surface area contributed by atoms with Gasteiger partial charge in [-0.05, 0) is 43.3 Å². The highest BCUT2D eigenvalue weighted by atomic mass is 16.5. The number of aryl methyl sites for hydroxylation is 1. The van der Waals surface area contributed by atoms with Gasteiger partial charge in [-0.25, -0.2) is 0 Å². The fraction of sp³-hybridized carbons (Fsp3) is 0.160. The van der Waals surface area contributed by atoms with Crippen molar-refractivity contribution in [1.29, 1.82) is 0 Å². The summed E-state index contributed by atoms with van der Waals surface area (Å²) in [6.45, 7) is 2.20. The highest BCUT2D eigenvalue weighted by Crippen LogP contribution is 2.25. The molecule has 156 valence electrons. The highest BCUT2D eigenvalue weighted by Gasteiger charge is 2.35. The predicted molar refractivity (Wildman–Crippen MR) is 118 cm³/mol. The molecule has 3 aromatic rings. The van der Waals surface area contributed by atoms with Gasteiger partial charge in [-0.3, -0.25) is 19.3 Å². The van der Waals surface area contributed by atoms with E-state index < -0.39 is 0 Å². The van der Waals surface area contributed by atoms with Crippen LogP contribution in [0, 0.1) is 6.92 Å². The van der Waals surface area contributed by atoms with Crippen LogP contribution in [0.2, 0.25) is 0 Å². The molecule has 1 aliphatic rings. The van der Waals surface area contributed by atoms with Crippen molar-refractivity contribution in [3.63, 3.8) is 0 Å². The van der Waals surface area contributed by atoms with E-state index in [0.29, 0.717) is 28.1 Å². The molecule has 0 unspecified atom stereocenters. The van der Waals surface area contributed by atoms with E-state index in [4.69, 9.17) is 4.74 Å². The van der Waals surface area contributed by atoms with Gasteiger partial charge in [0, 0.05) is 30.4 Å². The van der Waals surface area contributed by atoms with E-state index in [0.717, 1.165) is 5.56 Å². The smallest absolute Gasteiger partial charge is 0.261 e. The number of hydrogen-bond donors (Lipinski definition) is 0. The molecule has 0 aromatic heterocycles. The fourth-order valence-corrected chi connectivity index (χ4v) is 3.62. The summed E-state index contributed by atoms with van der Waals surface area (Å²) in [6.07, 6.45) is 0. The van der Waals surface area contributed by atoms with Crippen LogP contribution in [-0.4, -0.2) is 42.8 Å². The van der Waals surface area contributed by atoms with Gasteiger partial charge in [0.15, 0.2) is 0 Å². The van der Waals surface area contributed by atoms with E-state index in [1.807, 2.05) is 19.1 Å². The van der Waals surface area contributed by atoms with Crippen molar-refractivity contribution in [2.75, 3.05) is 25.1 Å². The van der Waals surface area contributed by atoms with Crippen molar-refractivity contribution in [2.24, 2.45) is 0 Å². The second-order valence-corrected chi connectivity index (χ2v) is 7.33. The minimum Gasteiger partial charge on any atom is -0.497 e. The molecule has 0 spiro atoms. The molecule has 1 aliphatic heterocycles. The van der Waals surface area contributed by atoms with Gasteiger partial charge in [0.1, 0.15) is 5.75 Å². The average Bonchev–Trinajstić information content (AvgIpc) is 3.04. The van der Waals surface area contributed by atoms with Crippen LogP contribution < -0.4 is 9.64 Å². The number of ether oxygens (including phenoxy) is 1. The lowest BCUT2D eigenvalue weighted by Crippen LogP contribution is -2.41. The van der Waals surface area contributed by atoms with E-state index in [2.05, 4.69) is 0 Å². The van der Waals surface area contributed by atoms with Gasteiger partial charge < -0.3 is 9.64 Å². The molecule has 0 aliphatic carbocycles. The SMILES string of the molecule is COc1cccc(N(CCN2C(=O)c3ccccc3C2=O)C(=O)c2ccc(C)cc2)c1. The van der Waals surface area contributed by atoms with Gasteiger partial charge in [-0.2, -0.15) is 0 Å². The molecular formula is C25H22N2O4. The number of fused-ring (bicyclic) bond motifs is 1. The van der Waals surface area contributed by atoms with Crippen molar-refractivity contribution in [3.8, 4) is 5.75 Å². The lowest BCUT2D eigenvalue weighted by molar-refractivity contribution is 0.0654. The van der Waals surface area contributed by atoms with Gasteiger partial charge in [-0.15, -0.1) is 0 Å². The third kappa shape index (κ3) is 3.92. The molecule has 4 rings (SSSR count). The summed E-state index contributed by atoms with van der Waals surface area (Å²) in [6, 6.07) is 21.2. The van der Waals surface area contributed by atoms with Gasteiger partial charge in [0.25, 0.3) is 17.7 Å². The van der Waals surface area contributed by atoms with Crippen LogP contribution in [0.15, 0.2) is 72.8 Å². The molecule has 0 saturated heterocycles. The Balaban J connectivity index is 1.62. The topological polar surface area (TPSA) is 66.9 Å². The molecule has 1 heterocycles. The lowest BCUT2D eigenvalue weighted by atomic mass is 10.1. The third-order valence-electron chi connectivity index (χ3n) is 5.33. The number of rotatable bonds is 6. The summed E-state index contributed by atoms with van der Waals surface area (Å²) < 4.78 is 5.30. The van der Waals surface area contributed by atoms with Crippen molar-refractivity contribution in [3.05, 3.63) is 95.1 Å². The molecule has 0 radical (unpaired) electrons. The van der Waals surface area contributed by atoms with Gasteiger partial charge in [0.2, 0.25) is 0 Å². The largest absolute Gasteiger partial charge is 0.497 e. The van der Waals surface area contributed by atoms with Crippen LogP contribution in [0.25, 0.3) is 0 Å². The lowest BCUT2D eigenvalue weighted by Gasteiger charge is -2.25. The summed E-state index contributed by atoms with van der Waals surface area (Å²) in [5.74, 6) is -0.284. The van der Waals surface area contributed by atoms with E-state index in [1.165, 1.54) is 4.90 Å². The Hall–Kier alpha value is -3.93. The number of hydrogen-bond acceptors (Lipinski definition) is 4. The third-order valence-corrected chi connectivity index (χ3v) is 5.33. The predicted octanol–water partition coefficient (Wildman–Crippen LogP) is 3.95. The van der Waals surface area contributed by atoms with Gasteiger partial charge in [-0.1, -0.05) is 35.9 Å². The first-order valence-electron chi connectivity index (χ1n) is 9.97. The maximum absolute atomic E-state index is 13.3. The zero-order valence-electron chi connectivity index (χ0n) is 17.4. The minimum absolute atomic E-state index is 0.0845. The van der Waals surface area contributed by atoms with E-state index in [1.54, 1.807) is 72.7 Å². The Morgan fingerprint density at radius 3 is 2.16 bits per heavy atom. The standard InChI is InChI=1S/C25H22N2O4/c1-17-10-12-18(13-11-17)23(28)26(19-6-5-7-20(16-19)31-2)14-15-27-24(29)21-8-3-4-9-22(21)25(27)30/h3-13,16H,14-15H2,1-2H3.